The fourth-order valence-corrected chi connectivity index (χ4v) is 1.23. The average Bonchev–Trinajstić information content (AvgIpc) is 2.29. The third-order valence-electron chi connectivity index (χ3n) is 2.16. The predicted octanol–water partition coefficient (Wildman–Crippen LogP) is 0.950. The van der Waals surface area contributed by atoms with E-state index in [0.717, 1.165) is 5.56 Å². The Morgan fingerprint density at radius 1 is 1.38 bits per heavy atom. The monoisotopic (exact) mass is 221 g/mol. The largest absolute Gasteiger partial charge is 0.478 e. The maximum Gasteiger partial charge on any atom is 0.332 e. The van der Waals surface area contributed by atoms with Gasteiger partial charge >= 0.3 is 5.97 Å². The Kier molecular flexibility index (Phi) is 4.69. The molecule has 0 spiro atoms. The maximum atomic E-state index is 10.4. The molecule has 0 aromatic heterocycles. The first kappa shape index (κ1) is 12.4. The van der Waals surface area contributed by atoms with Crippen LogP contribution in [0.2, 0.25) is 0 Å². The fraction of sp³-hybridized carbons (Fsp3) is 0.250. The first-order valence-corrected chi connectivity index (χ1v) is 4.96. The van der Waals surface area contributed by atoms with Crippen LogP contribution in [0.5, 0.6) is 0 Å². The molecule has 0 fully saturated rings. The van der Waals surface area contributed by atoms with Crippen LogP contribution in [0.15, 0.2) is 42.5 Å². The van der Waals surface area contributed by atoms with Crippen molar-refractivity contribution < 1.29 is 15.0 Å². The molecule has 0 bridgehead atoms. The normalized spacial score (nSPS) is 12.1. The SMILES string of the molecule is C=C(CNCC(O)c1ccccc1)C(=O)O. The number of carbonyl (C=O) groups is 1. The molecular weight excluding hydrogens is 206 g/mol. The summed E-state index contributed by atoms with van der Waals surface area (Å²) >= 11 is 0. The molecule has 0 aliphatic carbocycles. The lowest BCUT2D eigenvalue weighted by molar-refractivity contribution is -0.132. The van der Waals surface area contributed by atoms with Crippen LogP contribution in [-0.2, 0) is 4.79 Å². The lowest BCUT2D eigenvalue weighted by Crippen LogP contribution is -2.25. The van der Waals surface area contributed by atoms with Crippen molar-refractivity contribution in [3.63, 3.8) is 0 Å². The highest BCUT2D eigenvalue weighted by Gasteiger charge is 2.07. The van der Waals surface area contributed by atoms with Crippen LogP contribution in [0, 0.1) is 0 Å². The van der Waals surface area contributed by atoms with Crippen LogP contribution < -0.4 is 5.32 Å². The highest BCUT2D eigenvalue weighted by atomic mass is 16.4. The van der Waals surface area contributed by atoms with E-state index in [9.17, 15) is 9.90 Å². The van der Waals surface area contributed by atoms with Crippen LogP contribution in [0.3, 0.4) is 0 Å². The van der Waals surface area contributed by atoms with Gasteiger partial charge in [-0.05, 0) is 5.56 Å². The van der Waals surface area contributed by atoms with E-state index < -0.39 is 12.1 Å². The van der Waals surface area contributed by atoms with E-state index in [-0.39, 0.29) is 12.1 Å². The fourth-order valence-electron chi connectivity index (χ4n) is 1.23. The standard InChI is InChI=1S/C12H15NO3/c1-9(12(15)16)7-13-8-11(14)10-5-3-2-4-6-10/h2-6,11,13-14H,1,7-8H2,(H,15,16). The zero-order valence-electron chi connectivity index (χ0n) is 8.89. The van der Waals surface area contributed by atoms with Gasteiger partial charge in [-0.1, -0.05) is 36.9 Å². The van der Waals surface area contributed by atoms with Gasteiger partial charge in [-0.15, -0.1) is 0 Å². The molecule has 0 saturated carbocycles. The number of carboxylic acid groups (broad SMARTS) is 1. The Balaban J connectivity index is 2.34. The van der Waals surface area contributed by atoms with Gasteiger partial charge in [0, 0.05) is 18.7 Å². The van der Waals surface area contributed by atoms with Gasteiger partial charge in [0.1, 0.15) is 0 Å². The van der Waals surface area contributed by atoms with Crippen molar-refractivity contribution in [2.24, 2.45) is 0 Å². The van der Waals surface area contributed by atoms with Gasteiger partial charge in [-0.25, -0.2) is 4.79 Å². The molecule has 0 aliphatic heterocycles. The molecule has 0 heterocycles. The lowest BCUT2D eigenvalue weighted by Gasteiger charge is -2.11. The number of hydrogen-bond donors (Lipinski definition) is 3. The van der Waals surface area contributed by atoms with Crippen molar-refractivity contribution in [2.45, 2.75) is 6.10 Å². The summed E-state index contributed by atoms with van der Waals surface area (Å²) in [5.74, 6) is -1.03. The summed E-state index contributed by atoms with van der Waals surface area (Å²) in [6.07, 6.45) is -0.636. The van der Waals surface area contributed by atoms with Gasteiger partial charge < -0.3 is 15.5 Å². The first-order chi connectivity index (χ1) is 7.61. The number of aliphatic hydroxyl groups excluding tert-OH is 1. The average molecular weight is 221 g/mol. The summed E-state index contributed by atoms with van der Waals surface area (Å²) in [5, 5.41) is 21.1. The van der Waals surface area contributed by atoms with E-state index in [1.807, 2.05) is 30.3 Å². The van der Waals surface area contributed by atoms with Crippen molar-refractivity contribution in [1.29, 1.82) is 0 Å². The van der Waals surface area contributed by atoms with Crippen LogP contribution in [-0.4, -0.2) is 29.3 Å². The van der Waals surface area contributed by atoms with E-state index in [4.69, 9.17) is 5.11 Å². The Bertz CT molecular complexity index is 362. The van der Waals surface area contributed by atoms with Gasteiger partial charge in [0.15, 0.2) is 0 Å². The molecule has 3 N–H and O–H groups in total. The molecule has 1 rings (SSSR count). The molecule has 0 radical (unpaired) electrons. The summed E-state index contributed by atoms with van der Waals surface area (Å²) < 4.78 is 0. The molecule has 1 unspecified atom stereocenters. The Hall–Kier alpha value is -1.65. The third-order valence-corrected chi connectivity index (χ3v) is 2.16. The lowest BCUT2D eigenvalue weighted by atomic mass is 10.1. The summed E-state index contributed by atoms with van der Waals surface area (Å²) in [5.41, 5.74) is 0.885. The minimum atomic E-state index is -1.03. The molecule has 4 heteroatoms. The van der Waals surface area contributed by atoms with Gasteiger partial charge in [0.2, 0.25) is 0 Å². The molecule has 1 aromatic rings. The summed E-state index contributed by atoms with van der Waals surface area (Å²) in [7, 11) is 0. The van der Waals surface area contributed by atoms with Gasteiger partial charge in [0.25, 0.3) is 0 Å². The van der Waals surface area contributed by atoms with Crippen LogP contribution >= 0.6 is 0 Å². The smallest absolute Gasteiger partial charge is 0.332 e. The van der Waals surface area contributed by atoms with E-state index in [0.29, 0.717) is 6.54 Å². The second-order valence-corrected chi connectivity index (χ2v) is 3.47. The second-order valence-electron chi connectivity index (χ2n) is 3.47. The molecule has 16 heavy (non-hydrogen) atoms. The van der Waals surface area contributed by atoms with Crippen LogP contribution in [0.1, 0.15) is 11.7 Å². The minimum Gasteiger partial charge on any atom is -0.478 e. The van der Waals surface area contributed by atoms with Crippen molar-refractivity contribution in [2.75, 3.05) is 13.1 Å². The van der Waals surface area contributed by atoms with Crippen molar-refractivity contribution in [3.05, 3.63) is 48.0 Å². The quantitative estimate of drug-likeness (QED) is 0.625. The van der Waals surface area contributed by atoms with Gasteiger partial charge in [-0.3, -0.25) is 0 Å². The van der Waals surface area contributed by atoms with E-state index in [1.165, 1.54) is 0 Å². The molecule has 4 nitrogen and oxygen atoms in total. The van der Waals surface area contributed by atoms with Crippen LogP contribution in [0.25, 0.3) is 0 Å². The van der Waals surface area contributed by atoms with E-state index in [2.05, 4.69) is 11.9 Å². The van der Waals surface area contributed by atoms with Crippen molar-refractivity contribution in [3.8, 4) is 0 Å². The second kappa shape index (κ2) is 6.05. The number of aliphatic carboxylic acids is 1. The number of nitrogens with one attached hydrogen (secondary N) is 1. The molecule has 0 saturated heterocycles. The number of carboxylic acids is 1. The third kappa shape index (κ3) is 3.84. The Morgan fingerprint density at radius 3 is 2.56 bits per heavy atom. The van der Waals surface area contributed by atoms with Gasteiger partial charge in [0.05, 0.1) is 6.10 Å². The molecule has 86 valence electrons. The molecular formula is C12H15NO3. The maximum absolute atomic E-state index is 10.4. The predicted molar refractivity (Wildman–Crippen MR) is 61.0 cm³/mol. The van der Waals surface area contributed by atoms with Crippen LogP contribution in [0.4, 0.5) is 0 Å². The zero-order valence-corrected chi connectivity index (χ0v) is 8.89. The van der Waals surface area contributed by atoms with E-state index >= 15 is 0 Å². The summed E-state index contributed by atoms with van der Waals surface area (Å²) in [6, 6.07) is 9.19. The summed E-state index contributed by atoms with van der Waals surface area (Å²) in [6.45, 7) is 3.85. The minimum absolute atomic E-state index is 0.0836. The Labute approximate surface area is 94.2 Å². The number of aliphatic hydroxyl groups is 1. The first-order valence-electron chi connectivity index (χ1n) is 4.96. The van der Waals surface area contributed by atoms with Crippen molar-refractivity contribution in [1.82, 2.24) is 5.32 Å². The number of rotatable bonds is 6. The van der Waals surface area contributed by atoms with Gasteiger partial charge in [-0.2, -0.15) is 0 Å². The summed E-state index contributed by atoms with van der Waals surface area (Å²) in [4.78, 5) is 10.4. The molecule has 0 amide bonds. The molecule has 1 atom stereocenters. The highest BCUT2D eigenvalue weighted by Crippen LogP contribution is 2.10. The van der Waals surface area contributed by atoms with E-state index in [1.54, 1.807) is 0 Å². The highest BCUT2D eigenvalue weighted by molar-refractivity contribution is 5.86. The molecule has 0 aliphatic rings. The topological polar surface area (TPSA) is 69.6 Å². The molecule has 1 aromatic carbocycles. The number of hydrogen-bond acceptors (Lipinski definition) is 3. The zero-order chi connectivity index (χ0) is 12.0. The Morgan fingerprint density at radius 2 is 2.00 bits per heavy atom. The van der Waals surface area contributed by atoms with Crippen molar-refractivity contribution >= 4 is 5.97 Å². The number of benzene rings is 1.